The average Bonchev–Trinajstić information content (AvgIpc) is 2.96. The number of aliphatic imine (C=N–C) groups is 1. The van der Waals surface area contributed by atoms with Crippen molar-refractivity contribution >= 4 is 5.71 Å². The van der Waals surface area contributed by atoms with Crippen LogP contribution in [-0.4, -0.2) is 23.8 Å². The van der Waals surface area contributed by atoms with Gasteiger partial charge < -0.3 is 5.43 Å². The molecular formula is C27H28FN3. The smallest absolute Gasteiger partial charge is 0.123 e. The molecule has 0 spiro atoms. The zero-order chi connectivity index (χ0) is 21.2. The largest absolute Gasteiger partial charge is 0.323 e. The van der Waals surface area contributed by atoms with Crippen molar-refractivity contribution in [2.24, 2.45) is 10.9 Å². The Kier molecular flexibility index (Phi) is 5.56. The van der Waals surface area contributed by atoms with E-state index >= 15 is 0 Å². The normalized spacial score (nSPS) is 21.1. The molecule has 0 bridgehead atoms. The third kappa shape index (κ3) is 4.26. The molecule has 0 aromatic heterocycles. The number of piperidine rings is 1. The van der Waals surface area contributed by atoms with Crippen LogP contribution in [0.15, 0.2) is 89.2 Å². The molecule has 5 rings (SSSR count). The fourth-order valence-corrected chi connectivity index (χ4v) is 4.68. The molecule has 3 aliphatic rings. The van der Waals surface area contributed by atoms with E-state index in [1.165, 1.54) is 42.5 Å². The second-order valence-electron chi connectivity index (χ2n) is 8.63. The first-order valence-corrected chi connectivity index (χ1v) is 11.2. The highest BCUT2D eigenvalue weighted by Gasteiger charge is 2.25. The molecule has 2 aromatic carbocycles. The van der Waals surface area contributed by atoms with Gasteiger partial charge in [-0.25, -0.2) is 9.40 Å². The number of halogens is 1. The van der Waals surface area contributed by atoms with Crippen LogP contribution in [0.5, 0.6) is 0 Å². The van der Waals surface area contributed by atoms with Gasteiger partial charge in [0.25, 0.3) is 0 Å². The van der Waals surface area contributed by atoms with Gasteiger partial charge in [-0.3, -0.25) is 4.99 Å². The summed E-state index contributed by atoms with van der Waals surface area (Å²) >= 11 is 0. The van der Waals surface area contributed by atoms with E-state index in [9.17, 15) is 4.39 Å². The van der Waals surface area contributed by atoms with Crippen molar-refractivity contribution in [1.82, 2.24) is 10.4 Å². The minimum absolute atomic E-state index is 0.208. The van der Waals surface area contributed by atoms with Crippen LogP contribution in [0.4, 0.5) is 4.39 Å². The Morgan fingerprint density at radius 2 is 1.81 bits per heavy atom. The van der Waals surface area contributed by atoms with Crippen molar-refractivity contribution in [1.29, 1.82) is 0 Å². The molecule has 1 aliphatic carbocycles. The summed E-state index contributed by atoms with van der Waals surface area (Å²) in [6, 6.07) is 15.1. The number of rotatable bonds is 4. The maximum atomic E-state index is 13.6. The standard InChI is InChI=1S/C27H28FN3/c1-19(30-31-15-5-2-6-16-31)21-9-10-23-17-22-7-3-4-8-25(22)27(29-26(23)18-21)20-11-13-24(28)14-12-20/h3-4,7-14,21,30H,1-2,5-6,15-18H2. The molecule has 0 radical (unpaired) electrons. The lowest BCUT2D eigenvalue weighted by Crippen LogP contribution is -2.42. The summed E-state index contributed by atoms with van der Waals surface area (Å²) in [6.07, 6.45) is 9.95. The number of benzene rings is 2. The lowest BCUT2D eigenvalue weighted by molar-refractivity contribution is 0.169. The molecule has 3 nitrogen and oxygen atoms in total. The van der Waals surface area contributed by atoms with Gasteiger partial charge in [0.2, 0.25) is 0 Å². The molecule has 1 saturated heterocycles. The lowest BCUT2D eigenvalue weighted by Gasteiger charge is -2.31. The SMILES string of the molecule is C=C(NN1CCCCC1)C1C=CC2=C(C1)N=C(c1ccc(F)cc1)c1ccccc1C2. The van der Waals surface area contributed by atoms with Crippen molar-refractivity contribution in [2.75, 3.05) is 13.1 Å². The zero-order valence-corrected chi connectivity index (χ0v) is 17.8. The van der Waals surface area contributed by atoms with Gasteiger partial charge in [-0.05, 0) is 54.7 Å². The van der Waals surface area contributed by atoms with E-state index in [4.69, 9.17) is 4.99 Å². The number of hydrogen-bond acceptors (Lipinski definition) is 3. The van der Waals surface area contributed by atoms with E-state index in [-0.39, 0.29) is 11.7 Å². The van der Waals surface area contributed by atoms with E-state index in [0.29, 0.717) is 0 Å². The first-order chi connectivity index (χ1) is 15.2. The molecule has 0 amide bonds. The predicted molar refractivity (Wildman–Crippen MR) is 124 cm³/mol. The van der Waals surface area contributed by atoms with Crippen LogP contribution >= 0.6 is 0 Å². The van der Waals surface area contributed by atoms with Gasteiger partial charge in [-0.15, -0.1) is 0 Å². The monoisotopic (exact) mass is 413 g/mol. The molecule has 2 aliphatic heterocycles. The Morgan fingerprint density at radius 1 is 1.03 bits per heavy atom. The molecule has 158 valence electrons. The zero-order valence-electron chi connectivity index (χ0n) is 17.8. The Hall–Kier alpha value is -2.98. The van der Waals surface area contributed by atoms with Crippen LogP contribution in [0.2, 0.25) is 0 Å². The number of fused-ring (bicyclic) bond motifs is 1. The van der Waals surface area contributed by atoms with Crippen molar-refractivity contribution in [2.45, 2.75) is 32.1 Å². The summed E-state index contributed by atoms with van der Waals surface area (Å²) in [5.74, 6) is -0.0213. The molecule has 1 fully saturated rings. The van der Waals surface area contributed by atoms with Crippen molar-refractivity contribution in [3.63, 3.8) is 0 Å². The number of nitrogens with one attached hydrogen (secondary N) is 1. The second-order valence-corrected chi connectivity index (χ2v) is 8.63. The Labute approximate surface area is 183 Å². The predicted octanol–water partition coefficient (Wildman–Crippen LogP) is 5.55. The molecule has 0 saturated carbocycles. The van der Waals surface area contributed by atoms with E-state index in [1.54, 1.807) is 0 Å². The molecule has 1 unspecified atom stereocenters. The fourth-order valence-electron chi connectivity index (χ4n) is 4.68. The lowest BCUT2D eigenvalue weighted by atomic mass is 9.89. The number of hydrogen-bond donors (Lipinski definition) is 1. The number of nitrogens with zero attached hydrogens (tertiary/aromatic N) is 2. The Bertz CT molecular complexity index is 1070. The second kappa shape index (κ2) is 8.64. The van der Waals surface area contributed by atoms with E-state index in [1.807, 2.05) is 18.2 Å². The highest BCUT2D eigenvalue weighted by atomic mass is 19.1. The van der Waals surface area contributed by atoms with Gasteiger partial charge in [0.05, 0.1) is 5.71 Å². The van der Waals surface area contributed by atoms with Crippen LogP contribution in [0.3, 0.4) is 0 Å². The summed E-state index contributed by atoms with van der Waals surface area (Å²) in [5.41, 5.74) is 11.2. The van der Waals surface area contributed by atoms with Crippen molar-refractivity contribution in [3.8, 4) is 0 Å². The van der Waals surface area contributed by atoms with E-state index < -0.39 is 0 Å². The summed E-state index contributed by atoms with van der Waals surface area (Å²) in [4.78, 5) is 5.16. The van der Waals surface area contributed by atoms with E-state index in [0.717, 1.165) is 54.2 Å². The summed E-state index contributed by atoms with van der Waals surface area (Å²) in [7, 11) is 0. The molecule has 1 N–H and O–H groups in total. The Morgan fingerprint density at radius 3 is 2.61 bits per heavy atom. The Balaban J connectivity index is 1.45. The van der Waals surface area contributed by atoms with Gasteiger partial charge in [-0.2, -0.15) is 0 Å². The number of hydrazine groups is 1. The van der Waals surface area contributed by atoms with Crippen molar-refractivity contribution in [3.05, 3.63) is 107 Å². The van der Waals surface area contributed by atoms with Crippen LogP contribution in [0, 0.1) is 11.7 Å². The molecule has 1 atom stereocenters. The van der Waals surface area contributed by atoms with Crippen LogP contribution < -0.4 is 5.43 Å². The van der Waals surface area contributed by atoms with Gasteiger partial charge in [0.1, 0.15) is 5.82 Å². The quantitative estimate of drug-likeness (QED) is 0.711. The minimum Gasteiger partial charge on any atom is -0.323 e. The van der Waals surface area contributed by atoms with Crippen LogP contribution in [0.1, 0.15) is 42.4 Å². The van der Waals surface area contributed by atoms with Crippen LogP contribution in [-0.2, 0) is 6.42 Å². The van der Waals surface area contributed by atoms with Gasteiger partial charge >= 0.3 is 0 Å². The van der Waals surface area contributed by atoms with Gasteiger partial charge in [0, 0.05) is 47.9 Å². The maximum Gasteiger partial charge on any atom is 0.123 e. The maximum absolute atomic E-state index is 13.6. The fraction of sp³-hybridized carbons (Fsp3) is 0.296. The highest BCUT2D eigenvalue weighted by Crippen LogP contribution is 2.34. The summed E-state index contributed by atoms with van der Waals surface area (Å²) < 4.78 is 13.6. The first kappa shape index (κ1) is 20.0. The summed E-state index contributed by atoms with van der Waals surface area (Å²) in [5, 5.41) is 2.29. The molecule has 4 heteroatoms. The molecule has 31 heavy (non-hydrogen) atoms. The first-order valence-electron chi connectivity index (χ1n) is 11.2. The molecule has 2 aromatic rings. The summed E-state index contributed by atoms with van der Waals surface area (Å²) in [6.45, 7) is 6.49. The average molecular weight is 414 g/mol. The topological polar surface area (TPSA) is 27.6 Å². The third-order valence-corrected chi connectivity index (χ3v) is 6.44. The van der Waals surface area contributed by atoms with Crippen LogP contribution in [0.25, 0.3) is 0 Å². The molecule has 2 heterocycles. The van der Waals surface area contributed by atoms with E-state index in [2.05, 4.69) is 47.4 Å². The molecular weight excluding hydrogens is 385 g/mol. The van der Waals surface area contributed by atoms with Crippen molar-refractivity contribution < 1.29 is 4.39 Å². The third-order valence-electron chi connectivity index (χ3n) is 6.44. The highest BCUT2D eigenvalue weighted by molar-refractivity contribution is 6.14. The van der Waals surface area contributed by atoms with Gasteiger partial charge in [0.15, 0.2) is 0 Å². The van der Waals surface area contributed by atoms with Gasteiger partial charge in [-0.1, -0.05) is 49.4 Å². The number of allylic oxidation sites excluding steroid dienone is 4. The minimum atomic E-state index is -0.230.